The maximum Gasteiger partial charge on any atom is 0.264 e. The highest BCUT2D eigenvalue weighted by Gasteiger charge is 2.03. The summed E-state index contributed by atoms with van der Waals surface area (Å²) in [6.45, 7) is 2.91. The molecule has 0 N–H and O–H groups in total. The molecular weight excluding hydrogens is 264 g/mol. The van der Waals surface area contributed by atoms with Gasteiger partial charge in [0.1, 0.15) is 5.75 Å². The van der Waals surface area contributed by atoms with Crippen LogP contribution in [-0.2, 0) is 20.9 Å². The van der Waals surface area contributed by atoms with Gasteiger partial charge in [-0.25, -0.2) is 0 Å². The van der Waals surface area contributed by atoms with Gasteiger partial charge in [0.2, 0.25) is 0 Å². The molecule has 0 fully saturated rings. The van der Waals surface area contributed by atoms with E-state index in [2.05, 4.69) is 6.92 Å². The van der Waals surface area contributed by atoms with Gasteiger partial charge in [0.15, 0.2) is 0 Å². The largest absolute Gasteiger partial charge is 0.494 e. The highest BCUT2D eigenvalue weighted by atomic mass is 32.2. The predicted molar refractivity (Wildman–Crippen MR) is 75.7 cm³/mol. The summed E-state index contributed by atoms with van der Waals surface area (Å²) in [4.78, 5) is 0. The SMILES string of the molecule is CCCCCCOc1cccc(COS(C)(=O)=O)c1. The Labute approximate surface area is 115 Å². The topological polar surface area (TPSA) is 52.6 Å². The lowest BCUT2D eigenvalue weighted by Crippen LogP contribution is -2.03. The van der Waals surface area contributed by atoms with Crippen molar-refractivity contribution < 1.29 is 17.3 Å². The van der Waals surface area contributed by atoms with E-state index >= 15 is 0 Å². The zero-order chi connectivity index (χ0) is 14.1. The normalized spacial score (nSPS) is 11.5. The average molecular weight is 286 g/mol. The van der Waals surface area contributed by atoms with Gasteiger partial charge in [0.25, 0.3) is 10.1 Å². The summed E-state index contributed by atoms with van der Waals surface area (Å²) in [6, 6.07) is 7.33. The number of hydrogen-bond donors (Lipinski definition) is 0. The van der Waals surface area contributed by atoms with Gasteiger partial charge in [0, 0.05) is 0 Å². The van der Waals surface area contributed by atoms with E-state index in [1.807, 2.05) is 24.3 Å². The molecule has 1 aromatic rings. The van der Waals surface area contributed by atoms with E-state index in [1.54, 1.807) is 0 Å². The summed E-state index contributed by atoms with van der Waals surface area (Å²) in [5.41, 5.74) is 0.788. The Morgan fingerprint density at radius 3 is 2.63 bits per heavy atom. The molecular formula is C14H22O4S. The summed E-state index contributed by atoms with van der Waals surface area (Å²) >= 11 is 0. The van der Waals surface area contributed by atoms with E-state index in [-0.39, 0.29) is 6.61 Å². The third-order valence-electron chi connectivity index (χ3n) is 2.60. The Hall–Kier alpha value is -1.07. The number of unbranched alkanes of at least 4 members (excludes halogenated alkanes) is 3. The standard InChI is InChI=1S/C14H22O4S/c1-3-4-5-6-10-17-14-9-7-8-13(11-14)12-18-19(2,15)16/h7-9,11H,3-6,10,12H2,1-2H3. The van der Waals surface area contributed by atoms with Crippen LogP contribution in [0.25, 0.3) is 0 Å². The van der Waals surface area contributed by atoms with E-state index < -0.39 is 10.1 Å². The van der Waals surface area contributed by atoms with E-state index in [9.17, 15) is 8.42 Å². The van der Waals surface area contributed by atoms with Crippen molar-refractivity contribution in [3.8, 4) is 5.75 Å². The van der Waals surface area contributed by atoms with Gasteiger partial charge in [0.05, 0.1) is 19.5 Å². The molecule has 0 aliphatic heterocycles. The molecule has 0 aliphatic carbocycles. The van der Waals surface area contributed by atoms with Gasteiger partial charge >= 0.3 is 0 Å². The van der Waals surface area contributed by atoms with E-state index in [1.165, 1.54) is 19.3 Å². The van der Waals surface area contributed by atoms with Crippen LogP contribution in [0.4, 0.5) is 0 Å². The predicted octanol–water partition coefficient (Wildman–Crippen LogP) is 3.12. The molecule has 1 rings (SSSR count). The monoisotopic (exact) mass is 286 g/mol. The lowest BCUT2D eigenvalue weighted by Gasteiger charge is -2.08. The fourth-order valence-electron chi connectivity index (χ4n) is 1.62. The first kappa shape index (κ1) is 16.0. The maximum atomic E-state index is 10.9. The summed E-state index contributed by atoms with van der Waals surface area (Å²) in [5.74, 6) is 0.756. The lowest BCUT2D eigenvalue weighted by molar-refractivity contribution is 0.298. The van der Waals surface area contributed by atoms with Crippen molar-refractivity contribution in [2.24, 2.45) is 0 Å². The molecule has 0 radical (unpaired) electrons. The van der Waals surface area contributed by atoms with Gasteiger partial charge in [-0.3, -0.25) is 4.18 Å². The van der Waals surface area contributed by atoms with Gasteiger partial charge in [-0.1, -0.05) is 38.3 Å². The Morgan fingerprint density at radius 2 is 1.95 bits per heavy atom. The fraction of sp³-hybridized carbons (Fsp3) is 0.571. The van der Waals surface area contributed by atoms with Crippen molar-refractivity contribution in [3.05, 3.63) is 29.8 Å². The third-order valence-corrected chi connectivity index (χ3v) is 3.15. The van der Waals surface area contributed by atoms with Gasteiger partial charge in [-0.15, -0.1) is 0 Å². The second-order valence-corrected chi connectivity index (χ2v) is 6.17. The minimum Gasteiger partial charge on any atom is -0.494 e. The van der Waals surface area contributed by atoms with Crippen molar-refractivity contribution >= 4 is 10.1 Å². The van der Waals surface area contributed by atoms with Gasteiger partial charge in [-0.2, -0.15) is 8.42 Å². The Bertz CT molecular complexity index is 468. The smallest absolute Gasteiger partial charge is 0.264 e. The zero-order valence-electron chi connectivity index (χ0n) is 11.6. The second kappa shape index (κ2) is 8.17. The first-order valence-corrected chi connectivity index (χ1v) is 8.39. The molecule has 108 valence electrons. The molecule has 4 nitrogen and oxygen atoms in total. The molecule has 0 aliphatic rings. The minimum absolute atomic E-state index is 0.0475. The van der Waals surface area contributed by atoms with Crippen LogP contribution < -0.4 is 4.74 Å². The molecule has 0 saturated heterocycles. The van der Waals surface area contributed by atoms with Crippen LogP contribution in [-0.4, -0.2) is 21.3 Å². The second-order valence-electron chi connectivity index (χ2n) is 4.52. The minimum atomic E-state index is -3.40. The van der Waals surface area contributed by atoms with Crippen molar-refractivity contribution in [3.63, 3.8) is 0 Å². The van der Waals surface area contributed by atoms with Crippen molar-refractivity contribution in [2.45, 2.75) is 39.2 Å². The quantitative estimate of drug-likeness (QED) is 0.517. The molecule has 0 unspecified atom stereocenters. The zero-order valence-corrected chi connectivity index (χ0v) is 12.4. The fourth-order valence-corrected chi connectivity index (χ4v) is 1.97. The number of benzene rings is 1. The summed E-state index contributed by atoms with van der Waals surface area (Å²) in [6.07, 6.45) is 5.69. The first-order valence-electron chi connectivity index (χ1n) is 6.57. The van der Waals surface area contributed by atoms with Crippen LogP contribution in [0.15, 0.2) is 24.3 Å². The van der Waals surface area contributed by atoms with Crippen LogP contribution in [0.3, 0.4) is 0 Å². The summed E-state index contributed by atoms with van der Waals surface area (Å²) in [7, 11) is -3.40. The molecule has 1 aromatic carbocycles. The Morgan fingerprint density at radius 1 is 1.16 bits per heavy atom. The average Bonchev–Trinajstić information content (AvgIpc) is 2.36. The van der Waals surface area contributed by atoms with Crippen molar-refractivity contribution in [2.75, 3.05) is 12.9 Å². The maximum absolute atomic E-state index is 10.9. The van der Waals surface area contributed by atoms with Crippen LogP contribution in [0.5, 0.6) is 5.75 Å². The molecule has 0 bridgehead atoms. The van der Waals surface area contributed by atoms with Gasteiger partial charge in [-0.05, 0) is 24.1 Å². The molecule has 5 heteroatoms. The number of rotatable bonds is 9. The highest BCUT2D eigenvalue weighted by molar-refractivity contribution is 7.85. The van der Waals surface area contributed by atoms with Crippen LogP contribution in [0.2, 0.25) is 0 Å². The van der Waals surface area contributed by atoms with Crippen molar-refractivity contribution in [1.29, 1.82) is 0 Å². The molecule has 0 atom stereocenters. The summed E-state index contributed by atoms with van der Waals surface area (Å²) in [5, 5.41) is 0. The molecule has 19 heavy (non-hydrogen) atoms. The third kappa shape index (κ3) is 7.85. The van der Waals surface area contributed by atoms with E-state index in [0.29, 0.717) is 6.61 Å². The summed E-state index contributed by atoms with van der Waals surface area (Å²) < 4.78 is 32.2. The Kier molecular flexibility index (Phi) is 6.87. The number of hydrogen-bond acceptors (Lipinski definition) is 4. The molecule has 0 spiro atoms. The first-order chi connectivity index (χ1) is 9.01. The molecule has 0 heterocycles. The van der Waals surface area contributed by atoms with Crippen LogP contribution >= 0.6 is 0 Å². The van der Waals surface area contributed by atoms with Crippen molar-refractivity contribution in [1.82, 2.24) is 0 Å². The highest BCUT2D eigenvalue weighted by Crippen LogP contribution is 2.15. The lowest BCUT2D eigenvalue weighted by atomic mass is 10.2. The number of ether oxygens (including phenoxy) is 1. The molecule has 0 amide bonds. The van der Waals surface area contributed by atoms with E-state index in [0.717, 1.165) is 24.0 Å². The van der Waals surface area contributed by atoms with Gasteiger partial charge < -0.3 is 4.74 Å². The molecule has 0 saturated carbocycles. The molecule has 0 aromatic heterocycles. The van der Waals surface area contributed by atoms with E-state index in [4.69, 9.17) is 8.92 Å². The van der Waals surface area contributed by atoms with Crippen LogP contribution in [0.1, 0.15) is 38.2 Å². The Balaban J connectivity index is 2.39. The van der Waals surface area contributed by atoms with Crippen LogP contribution in [0, 0.1) is 0 Å².